The second kappa shape index (κ2) is 5.91. The summed E-state index contributed by atoms with van der Waals surface area (Å²) in [6.45, 7) is 6.80. The summed E-state index contributed by atoms with van der Waals surface area (Å²) in [6.07, 6.45) is 5.96. The van der Waals surface area contributed by atoms with Crippen molar-refractivity contribution < 1.29 is 0 Å². The van der Waals surface area contributed by atoms with Crippen molar-refractivity contribution >= 4 is 21.7 Å². The first-order valence-electron chi connectivity index (χ1n) is 5.10. The van der Waals surface area contributed by atoms with Crippen LogP contribution in [0.4, 0.5) is 5.82 Å². The lowest BCUT2D eigenvalue weighted by molar-refractivity contribution is 0.790. The van der Waals surface area contributed by atoms with Crippen molar-refractivity contribution in [3.05, 3.63) is 35.0 Å². The van der Waals surface area contributed by atoms with Crippen LogP contribution < -0.4 is 4.90 Å². The third-order valence-corrected chi connectivity index (χ3v) is 3.31. The number of hydrogen-bond donors (Lipinski definition) is 0. The molecular formula is C12H17BrN2. The fourth-order valence-corrected chi connectivity index (χ4v) is 1.91. The molecule has 1 heterocycles. The molecule has 0 unspecified atom stereocenters. The highest BCUT2D eigenvalue weighted by Crippen LogP contribution is 2.25. The first-order chi connectivity index (χ1) is 7.16. The Morgan fingerprint density at radius 1 is 1.60 bits per heavy atom. The monoisotopic (exact) mass is 268 g/mol. The second-order valence-corrected chi connectivity index (χ2v) is 4.41. The second-order valence-electron chi connectivity index (χ2n) is 3.62. The van der Waals surface area contributed by atoms with Crippen LogP contribution in [0.1, 0.15) is 18.4 Å². The van der Waals surface area contributed by atoms with Crippen LogP contribution in [0.15, 0.2) is 29.4 Å². The zero-order chi connectivity index (χ0) is 11.3. The number of hydrogen-bond acceptors (Lipinski definition) is 2. The number of anilines is 1. The van der Waals surface area contributed by atoms with E-state index in [2.05, 4.69) is 46.4 Å². The minimum absolute atomic E-state index is 1.00. The summed E-state index contributed by atoms with van der Waals surface area (Å²) in [6, 6.07) is 2.01. The summed E-state index contributed by atoms with van der Waals surface area (Å²) in [5, 5.41) is 0. The van der Waals surface area contributed by atoms with E-state index in [-0.39, 0.29) is 0 Å². The molecule has 0 aliphatic carbocycles. The number of rotatable bonds is 5. The molecule has 1 aromatic rings. The molecular weight excluding hydrogens is 252 g/mol. The summed E-state index contributed by atoms with van der Waals surface area (Å²) in [4.78, 5) is 6.54. The number of pyridine rings is 1. The van der Waals surface area contributed by atoms with Crippen LogP contribution in [0.5, 0.6) is 0 Å². The Labute approximate surface area is 100 Å². The molecule has 82 valence electrons. The highest BCUT2D eigenvalue weighted by molar-refractivity contribution is 9.10. The van der Waals surface area contributed by atoms with Crippen LogP contribution >= 0.6 is 15.9 Å². The van der Waals surface area contributed by atoms with Gasteiger partial charge in [0, 0.05) is 19.8 Å². The van der Waals surface area contributed by atoms with Crippen LogP contribution in [0.3, 0.4) is 0 Å². The van der Waals surface area contributed by atoms with Crippen molar-refractivity contribution in [1.29, 1.82) is 0 Å². The minimum atomic E-state index is 1.00. The lowest BCUT2D eigenvalue weighted by Gasteiger charge is -2.19. The van der Waals surface area contributed by atoms with E-state index in [1.807, 2.05) is 18.3 Å². The van der Waals surface area contributed by atoms with Crippen molar-refractivity contribution in [2.24, 2.45) is 0 Å². The third kappa shape index (κ3) is 3.34. The number of nitrogens with zero attached hydrogens (tertiary/aromatic N) is 2. The average molecular weight is 269 g/mol. The largest absolute Gasteiger partial charge is 0.359 e. The van der Waals surface area contributed by atoms with E-state index in [0.717, 1.165) is 29.7 Å². The van der Waals surface area contributed by atoms with Gasteiger partial charge < -0.3 is 4.90 Å². The molecule has 0 amide bonds. The molecule has 0 aromatic carbocycles. The molecule has 0 bridgehead atoms. The van der Waals surface area contributed by atoms with Crippen LogP contribution in [-0.2, 0) is 0 Å². The van der Waals surface area contributed by atoms with Crippen molar-refractivity contribution in [1.82, 2.24) is 4.98 Å². The van der Waals surface area contributed by atoms with Crippen LogP contribution in [0, 0.1) is 6.92 Å². The Bertz CT molecular complexity index is 336. The van der Waals surface area contributed by atoms with Gasteiger partial charge in [0.05, 0.1) is 4.47 Å². The maximum atomic E-state index is 4.37. The average Bonchev–Trinajstić information content (AvgIpc) is 2.22. The molecule has 0 atom stereocenters. The predicted molar refractivity (Wildman–Crippen MR) is 69.4 cm³/mol. The number of aromatic nitrogens is 1. The Balaban J connectivity index is 2.68. The first-order valence-corrected chi connectivity index (χ1v) is 5.89. The number of halogens is 1. The Hall–Kier alpha value is -0.830. The summed E-state index contributed by atoms with van der Waals surface area (Å²) in [5.74, 6) is 1.01. The van der Waals surface area contributed by atoms with Gasteiger partial charge >= 0.3 is 0 Å². The molecule has 0 spiro atoms. The van der Waals surface area contributed by atoms with Crippen LogP contribution in [0.2, 0.25) is 0 Å². The van der Waals surface area contributed by atoms with Crippen LogP contribution in [0.25, 0.3) is 0 Å². The van der Waals surface area contributed by atoms with Gasteiger partial charge in [0.2, 0.25) is 0 Å². The predicted octanol–water partition coefficient (Wildman–Crippen LogP) is 3.55. The van der Waals surface area contributed by atoms with E-state index in [1.165, 1.54) is 5.56 Å². The molecule has 0 radical (unpaired) electrons. The molecule has 3 heteroatoms. The van der Waals surface area contributed by atoms with Gasteiger partial charge in [-0.05, 0) is 47.3 Å². The Kier molecular flexibility index (Phi) is 4.82. The van der Waals surface area contributed by atoms with Gasteiger partial charge in [0.15, 0.2) is 0 Å². The van der Waals surface area contributed by atoms with Crippen molar-refractivity contribution in [2.75, 3.05) is 18.5 Å². The summed E-state index contributed by atoms with van der Waals surface area (Å²) in [5.41, 5.74) is 1.22. The van der Waals surface area contributed by atoms with Gasteiger partial charge in [0.25, 0.3) is 0 Å². The molecule has 0 saturated carbocycles. The molecule has 2 nitrogen and oxygen atoms in total. The van der Waals surface area contributed by atoms with E-state index >= 15 is 0 Å². The molecule has 15 heavy (non-hydrogen) atoms. The topological polar surface area (TPSA) is 16.1 Å². The maximum absolute atomic E-state index is 4.37. The lowest BCUT2D eigenvalue weighted by atomic mass is 10.2. The molecule has 0 N–H and O–H groups in total. The normalized spacial score (nSPS) is 10.1. The van der Waals surface area contributed by atoms with Crippen molar-refractivity contribution in [3.8, 4) is 0 Å². The molecule has 0 aliphatic rings. The standard InChI is InChI=1S/C12H17BrN2/c1-4-5-6-9-15(3)12-11(13)10(2)7-8-14-12/h4,7-8H,1,5-6,9H2,2-3H3. The lowest BCUT2D eigenvalue weighted by Crippen LogP contribution is -2.20. The quantitative estimate of drug-likeness (QED) is 0.600. The SMILES string of the molecule is C=CCCCN(C)c1nccc(C)c1Br. The van der Waals surface area contributed by atoms with Crippen LogP contribution in [-0.4, -0.2) is 18.6 Å². The Morgan fingerprint density at radius 3 is 3.00 bits per heavy atom. The number of allylic oxidation sites excluding steroid dienone is 1. The van der Waals surface area contributed by atoms with Gasteiger partial charge in [-0.25, -0.2) is 4.98 Å². The third-order valence-electron chi connectivity index (χ3n) is 2.33. The van der Waals surface area contributed by atoms with E-state index in [0.29, 0.717) is 0 Å². The van der Waals surface area contributed by atoms with Gasteiger partial charge in [0.1, 0.15) is 5.82 Å². The van der Waals surface area contributed by atoms with Gasteiger partial charge in [-0.2, -0.15) is 0 Å². The number of unbranched alkanes of at least 4 members (excludes halogenated alkanes) is 1. The molecule has 0 fully saturated rings. The van der Waals surface area contributed by atoms with Gasteiger partial charge in [-0.15, -0.1) is 6.58 Å². The van der Waals surface area contributed by atoms with Crippen molar-refractivity contribution in [2.45, 2.75) is 19.8 Å². The highest BCUT2D eigenvalue weighted by atomic mass is 79.9. The summed E-state index contributed by atoms with van der Waals surface area (Å²) in [7, 11) is 2.07. The van der Waals surface area contributed by atoms with E-state index < -0.39 is 0 Å². The molecule has 0 saturated heterocycles. The summed E-state index contributed by atoms with van der Waals surface area (Å²) < 4.78 is 1.09. The number of aryl methyl sites for hydroxylation is 1. The fourth-order valence-electron chi connectivity index (χ4n) is 1.37. The molecule has 0 aliphatic heterocycles. The zero-order valence-corrected chi connectivity index (χ0v) is 10.9. The zero-order valence-electron chi connectivity index (χ0n) is 9.33. The van der Waals surface area contributed by atoms with E-state index in [1.54, 1.807) is 0 Å². The first kappa shape index (κ1) is 12.2. The Morgan fingerprint density at radius 2 is 2.33 bits per heavy atom. The maximum Gasteiger partial charge on any atom is 0.142 e. The highest BCUT2D eigenvalue weighted by Gasteiger charge is 2.07. The minimum Gasteiger partial charge on any atom is -0.359 e. The van der Waals surface area contributed by atoms with Crippen molar-refractivity contribution in [3.63, 3.8) is 0 Å². The smallest absolute Gasteiger partial charge is 0.142 e. The van der Waals surface area contributed by atoms with Gasteiger partial charge in [-0.1, -0.05) is 6.08 Å². The van der Waals surface area contributed by atoms with E-state index in [9.17, 15) is 0 Å². The fraction of sp³-hybridized carbons (Fsp3) is 0.417. The molecule has 1 rings (SSSR count). The van der Waals surface area contributed by atoms with Gasteiger partial charge in [-0.3, -0.25) is 0 Å². The molecule has 1 aromatic heterocycles. The summed E-state index contributed by atoms with van der Waals surface area (Å²) >= 11 is 3.57. The van der Waals surface area contributed by atoms with E-state index in [4.69, 9.17) is 0 Å².